The molecule has 0 aliphatic carbocycles. The van der Waals surface area contributed by atoms with Crippen LogP contribution in [0.3, 0.4) is 0 Å². The maximum Gasteiger partial charge on any atom is 0.259 e. The molecule has 0 fully saturated rings. The summed E-state index contributed by atoms with van der Waals surface area (Å²) >= 11 is 0. The number of amides is 1. The third kappa shape index (κ3) is 3.01. The van der Waals surface area contributed by atoms with Gasteiger partial charge in [-0.15, -0.1) is 0 Å². The zero-order valence-electron chi connectivity index (χ0n) is 13.6. The number of pyridine rings is 1. The number of ether oxygens (including phenoxy) is 1. The van der Waals surface area contributed by atoms with E-state index in [2.05, 4.69) is 5.32 Å². The highest BCUT2D eigenvalue weighted by Crippen LogP contribution is 2.23. The van der Waals surface area contributed by atoms with Gasteiger partial charge in [0, 0.05) is 11.1 Å². The standard InChI is InChI=1S/C19H18N2O3/c1-13-11-14-7-3-4-8-15(14)19(23)21(13)12-18(22)20-16-9-5-6-10-17(16)24-2/h3-11H,12H2,1-2H3,(H,20,22). The van der Waals surface area contributed by atoms with Crippen molar-refractivity contribution in [2.24, 2.45) is 0 Å². The van der Waals surface area contributed by atoms with Gasteiger partial charge in [0.05, 0.1) is 12.8 Å². The van der Waals surface area contributed by atoms with E-state index in [9.17, 15) is 9.59 Å². The van der Waals surface area contributed by atoms with E-state index < -0.39 is 0 Å². The normalized spacial score (nSPS) is 10.6. The van der Waals surface area contributed by atoms with Crippen LogP contribution in [0, 0.1) is 6.92 Å². The van der Waals surface area contributed by atoms with Crippen LogP contribution in [0.1, 0.15) is 5.69 Å². The Morgan fingerprint density at radius 2 is 1.83 bits per heavy atom. The summed E-state index contributed by atoms with van der Waals surface area (Å²) in [4.78, 5) is 25.0. The lowest BCUT2D eigenvalue weighted by molar-refractivity contribution is -0.116. The molecule has 5 nitrogen and oxygen atoms in total. The summed E-state index contributed by atoms with van der Waals surface area (Å²) in [6.07, 6.45) is 0. The van der Waals surface area contributed by atoms with Gasteiger partial charge in [-0.25, -0.2) is 0 Å². The molecule has 0 spiro atoms. The van der Waals surface area contributed by atoms with Gasteiger partial charge in [-0.3, -0.25) is 9.59 Å². The number of hydrogen-bond donors (Lipinski definition) is 1. The molecule has 2 aromatic carbocycles. The number of rotatable bonds is 4. The number of aryl methyl sites for hydroxylation is 1. The molecule has 0 aliphatic heterocycles. The van der Waals surface area contributed by atoms with Crippen LogP contribution in [0.4, 0.5) is 5.69 Å². The third-order valence-electron chi connectivity index (χ3n) is 3.91. The van der Waals surface area contributed by atoms with Crippen LogP contribution in [0.25, 0.3) is 10.8 Å². The lowest BCUT2D eigenvalue weighted by atomic mass is 10.1. The minimum absolute atomic E-state index is 0.0481. The number of nitrogens with zero attached hydrogens (tertiary/aromatic N) is 1. The van der Waals surface area contributed by atoms with Crippen molar-refractivity contribution >= 4 is 22.4 Å². The average Bonchev–Trinajstić information content (AvgIpc) is 2.59. The Balaban J connectivity index is 1.90. The number of benzene rings is 2. The smallest absolute Gasteiger partial charge is 0.259 e. The predicted octanol–water partition coefficient (Wildman–Crippen LogP) is 2.96. The number of para-hydroxylation sites is 2. The van der Waals surface area contributed by atoms with Gasteiger partial charge in [-0.1, -0.05) is 30.3 Å². The van der Waals surface area contributed by atoms with Crippen LogP contribution in [-0.4, -0.2) is 17.6 Å². The Morgan fingerprint density at radius 3 is 2.62 bits per heavy atom. The summed E-state index contributed by atoms with van der Waals surface area (Å²) in [6.45, 7) is 1.78. The van der Waals surface area contributed by atoms with E-state index in [4.69, 9.17) is 4.74 Å². The van der Waals surface area contributed by atoms with Crippen molar-refractivity contribution in [3.8, 4) is 5.75 Å². The molecule has 1 amide bonds. The van der Waals surface area contributed by atoms with Crippen molar-refractivity contribution in [3.63, 3.8) is 0 Å². The molecule has 3 rings (SSSR count). The van der Waals surface area contributed by atoms with Gasteiger partial charge in [0.2, 0.25) is 5.91 Å². The van der Waals surface area contributed by atoms with Crippen LogP contribution in [0.15, 0.2) is 59.4 Å². The number of hydrogen-bond acceptors (Lipinski definition) is 3. The molecule has 0 bridgehead atoms. The molecule has 1 aromatic heterocycles. The van der Waals surface area contributed by atoms with Gasteiger partial charge in [-0.2, -0.15) is 0 Å². The van der Waals surface area contributed by atoms with Crippen molar-refractivity contribution in [2.75, 3.05) is 12.4 Å². The summed E-state index contributed by atoms with van der Waals surface area (Å²) in [6, 6.07) is 16.4. The van der Waals surface area contributed by atoms with Crippen LogP contribution in [-0.2, 0) is 11.3 Å². The fourth-order valence-corrected chi connectivity index (χ4v) is 2.70. The van der Waals surface area contributed by atoms with Crippen LogP contribution < -0.4 is 15.6 Å². The molecular weight excluding hydrogens is 304 g/mol. The lowest BCUT2D eigenvalue weighted by Crippen LogP contribution is -2.29. The van der Waals surface area contributed by atoms with Gasteiger partial charge in [-0.05, 0) is 36.6 Å². The number of carbonyl (C=O) groups excluding carboxylic acids is 1. The average molecular weight is 322 g/mol. The Kier molecular flexibility index (Phi) is 4.33. The van der Waals surface area contributed by atoms with E-state index in [1.54, 1.807) is 25.3 Å². The number of carbonyl (C=O) groups is 1. The molecule has 0 radical (unpaired) electrons. The molecule has 1 heterocycles. The molecule has 1 N–H and O–H groups in total. The van der Waals surface area contributed by atoms with Gasteiger partial charge in [0.25, 0.3) is 5.56 Å². The van der Waals surface area contributed by atoms with Crippen molar-refractivity contribution in [2.45, 2.75) is 13.5 Å². The van der Waals surface area contributed by atoms with E-state index in [1.165, 1.54) is 4.57 Å². The van der Waals surface area contributed by atoms with Gasteiger partial charge in [0.1, 0.15) is 12.3 Å². The van der Waals surface area contributed by atoms with E-state index in [1.807, 2.05) is 43.3 Å². The molecule has 0 saturated carbocycles. The zero-order valence-corrected chi connectivity index (χ0v) is 13.6. The summed E-state index contributed by atoms with van der Waals surface area (Å²) < 4.78 is 6.70. The first-order valence-electron chi connectivity index (χ1n) is 7.62. The summed E-state index contributed by atoms with van der Waals surface area (Å²) in [5.41, 5.74) is 1.16. The van der Waals surface area contributed by atoms with Crippen LogP contribution >= 0.6 is 0 Å². The first kappa shape index (κ1) is 15.8. The number of aromatic nitrogens is 1. The second-order valence-corrected chi connectivity index (χ2v) is 5.51. The molecule has 0 atom stereocenters. The highest BCUT2D eigenvalue weighted by molar-refractivity contribution is 5.92. The molecule has 24 heavy (non-hydrogen) atoms. The zero-order chi connectivity index (χ0) is 17.1. The van der Waals surface area contributed by atoms with Crippen molar-refractivity contribution in [1.29, 1.82) is 0 Å². The molecule has 3 aromatic rings. The minimum atomic E-state index is -0.278. The van der Waals surface area contributed by atoms with Gasteiger partial charge < -0.3 is 14.6 Å². The number of fused-ring (bicyclic) bond motifs is 1. The Hall–Kier alpha value is -3.08. The number of nitrogens with one attached hydrogen (secondary N) is 1. The maximum atomic E-state index is 12.6. The van der Waals surface area contributed by atoms with Crippen LogP contribution in [0.5, 0.6) is 5.75 Å². The SMILES string of the molecule is COc1ccccc1NC(=O)Cn1c(C)cc2ccccc2c1=O. The van der Waals surface area contributed by atoms with Crippen molar-refractivity contribution < 1.29 is 9.53 Å². The summed E-state index contributed by atoms with van der Waals surface area (Å²) in [5.74, 6) is 0.299. The number of methoxy groups -OCH3 is 1. The first-order chi connectivity index (χ1) is 11.6. The molecule has 5 heteroatoms. The minimum Gasteiger partial charge on any atom is -0.495 e. The molecule has 0 unspecified atom stereocenters. The largest absolute Gasteiger partial charge is 0.495 e. The lowest BCUT2D eigenvalue weighted by Gasteiger charge is -2.13. The fraction of sp³-hybridized carbons (Fsp3) is 0.158. The monoisotopic (exact) mass is 322 g/mol. The van der Waals surface area contributed by atoms with E-state index >= 15 is 0 Å². The van der Waals surface area contributed by atoms with E-state index in [-0.39, 0.29) is 18.0 Å². The van der Waals surface area contributed by atoms with Crippen LogP contribution in [0.2, 0.25) is 0 Å². The first-order valence-corrected chi connectivity index (χ1v) is 7.62. The molecule has 122 valence electrons. The molecular formula is C19H18N2O3. The highest BCUT2D eigenvalue weighted by atomic mass is 16.5. The van der Waals surface area contributed by atoms with E-state index in [0.717, 1.165) is 11.1 Å². The second kappa shape index (κ2) is 6.58. The maximum absolute atomic E-state index is 12.6. The van der Waals surface area contributed by atoms with E-state index in [0.29, 0.717) is 16.8 Å². The van der Waals surface area contributed by atoms with Gasteiger partial charge in [0.15, 0.2) is 0 Å². The Bertz CT molecular complexity index is 960. The third-order valence-corrected chi connectivity index (χ3v) is 3.91. The number of anilines is 1. The summed E-state index contributed by atoms with van der Waals surface area (Å²) in [5, 5.41) is 4.27. The topological polar surface area (TPSA) is 60.3 Å². The van der Waals surface area contributed by atoms with Crippen molar-refractivity contribution in [3.05, 3.63) is 70.6 Å². The Morgan fingerprint density at radius 1 is 1.12 bits per heavy atom. The molecule has 0 saturated heterocycles. The highest BCUT2D eigenvalue weighted by Gasteiger charge is 2.12. The quantitative estimate of drug-likeness (QED) is 0.803. The van der Waals surface area contributed by atoms with Crippen molar-refractivity contribution in [1.82, 2.24) is 4.57 Å². The Labute approximate surface area is 139 Å². The summed E-state index contributed by atoms with van der Waals surface area (Å²) in [7, 11) is 1.54. The van der Waals surface area contributed by atoms with Gasteiger partial charge >= 0.3 is 0 Å². The molecule has 0 aliphatic rings. The fourth-order valence-electron chi connectivity index (χ4n) is 2.70. The predicted molar refractivity (Wildman–Crippen MR) is 94.6 cm³/mol. The second-order valence-electron chi connectivity index (χ2n) is 5.51.